The molecule has 4 aromatic rings. The van der Waals surface area contributed by atoms with Gasteiger partial charge in [0.2, 0.25) is 0 Å². The Morgan fingerprint density at radius 2 is 1.92 bits per heavy atom. The molecule has 0 bridgehead atoms. The monoisotopic (exact) mass is 548 g/mol. The van der Waals surface area contributed by atoms with Crippen molar-refractivity contribution in [2.24, 2.45) is 5.10 Å². The van der Waals surface area contributed by atoms with Crippen molar-refractivity contribution in [2.45, 2.75) is 44.7 Å². The van der Waals surface area contributed by atoms with Crippen molar-refractivity contribution in [1.82, 2.24) is 15.0 Å². The van der Waals surface area contributed by atoms with E-state index in [2.05, 4.69) is 10.5 Å². The number of fused-ring (bicyclic) bond motifs is 3. The van der Waals surface area contributed by atoms with Crippen LogP contribution in [0.4, 0.5) is 0 Å². The highest BCUT2D eigenvalue weighted by atomic mass is 32.2. The van der Waals surface area contributed by atoms with Crippen LogP contribution in [0.25, 0.3) is 15.9 Å². The molecule has 0 fully saturated rings. The van der Waals surface area contributed by atoms with Gasteiger partial charge >= 0.3 is 0 Å². The number of rotatable bonds is 9. The number of thioether (sulfide) groups is 1. The van der Waals surface area contributed by atoms with Gasteiger partial charge < -0.3 is 9.84 Å². The zero-order valence-corrected chi connectivity index (χ0v) is 22.8. The lowest BCUT2D eigenvalue weighted by Crippen LogP contribution is -2.24. The molecular formula is C28H28N4O4S2. The number of amides is 1. The summed E-state index contributed by atoms with van der Waals surface area (Å²) >= 11 is 2.78. The number of ether oxygens (including phenoxy) is 1. The van der Waals surface area contributed by atoms with Gasteiger partial charge in [0.1, 0.15) is 16.3 Å². The van der Waals surface area contributed by atoms with Crippen LogP contribution in [0.1, 0.15) is 42.7 Å². The molecule has 2 aromatic heterocycles. The molecular weight excluding hydrogens is 520 g/mol. The minimum absolute atomic E-state index is 0.0378. The zero-order chi connectivity index (χ0) is 26.6. The summed E-state index contributed by atoms with van der Waals surface area (Å²) in [4.78, 5) is 33.4. The largest absolute Gasteiger partial charge is 0.508 e. The lowest BCUT2D eigenvalue weighted by Gasteiger charge is -2.13. The Morgan fingerprint density at radius 3 is 2.63 bits per heavy atom. The molecule has 0 saturated heterocycles. The van der Waals surface area contributed by atoms with Crippen LogP contribution < -0.4 is 15.7 Å². The Labute approximate surface area is 228 Å². The van der Waals surface area contributed by atoms with Gasteiger partial charge in [0.15, 0.2) is 5.16 Å². The second-order valence-electron chi connectivity index (χ2n) is 8.78. The number of hydrazone groups is 1. The Morgan fingerprint density at radius 1 is 1.16 bits per heavy atom. The highest BCUT2D eigenvalue weighted by Gasteiger charge is 2.24. The normalized spacial score (nSPS) is 13.1. The number of thiophene rings is 1. The molecule has 1 amide bonds. The van der Waals surface area contributed by atoms with Gasteiger partial charge in [-0.3, -0.25) is 14.2 Å². The Hall–Kier alpha value is -3.63. The lowest BCUT2D eigenvalue weighted by atomic mass is 10.1. The van der Waals surface area contributed by atoms with Gasteiger partial charge in [0, 0.05) is 4.88 Å². The lowest BCUT2D eigenvalue weighted by molar-refractivity contribution is -0.118. The number of hydrogen-bond donors (Lipinski definition) is 2. The molecule has 1 aliphatic rings. The van der Waals surface area contributed by atoms with Gasteiger partial charge in [0.25, 0.3) is 11.5 Å². The average Bonchev–Trinajstić information content (AvgIpc) is 3.51. The molecule has 0 radical (unpaired) electrons. The summed E-state index contributed by atoms with van der Waals surface area (Å²) in [7, 11) is 0. The molecule has 0 aliphatic heterocycles. The quantitative estimate of drug-likeness (QED) is 0.131. The molecule has 38 heavy (non-hydrogen) atoms. The van der Waals surface area contributed by atoms with Crippen molar-refractivity contribution in [1.29, 1.82) is 0 Å². The van der Waals surface area contributed by atoms with Crippen molar-refractivity contribution in [3.63, 3.8) is 0 Å². The standard InChI is InChI=1S/C28H28N4O4S2/c1-3-22(17-8-12-19(33)13-9-17)30-31-24(34)16-37-28-29-26-25(21-6-5-7-23(21)38-26)27(35)32(28)18-10-14-20(15-11-18)36-4-2/h8-15,33H,3-7,16H2,1-2H3,(H,31,34). The van der Waals surface area contributed by atoms with E-state index in [-0.39, 0.29) is 23.0 Å². The predicted octanol–water partition coefficient (Wildman–Crippen LogP) is 5.06. The summed E-state index contributed by atoms with van der Waals surface area (Å²) in [5.41, 5.74) is 5.81. The maximum absolute atomic E-state index is 13.8. The highest BCUT2D eigenvalue weighted by Crippen LogP contribution is 2.36. The number of phenolic OH excluding ortho intramolecular Hbond substituents is 1. The van der Waals surface area contributed by atoms with Crippen LogP contribution in [-0.4, -0.2) is 38.6 Å². The zero-order valence-electron chi connectivity index (χ0n) is 21.2. The summed E-state index contributed by atoms with van der Waals surface area (Å²) in [6, 6.07) is 14.0. The van der Waals surface area contributed by atoms with E-state index in [1.807, 2.05) is 38.1 Å². The molecule has 0 saturated carbocycles. The first-order valence-corrected chi connectivity index (χ1v) is 14.4. The van der Waals surface area contributed by atoms with E-state index >= 15 is 0 Å². The minimum Gasteiger partial charge on any atom is -0.508 e. The van der Waals surface area contributed by atoms with Gasteiger partial charge in [0.05, 0.1) is 29.1 Å². The molecule has 196 valence electrons. The third kappa shape index (κ3) is 5.32. The van der Waals surface area contributed by atoms with E-state index in [0.717, 1.165) is 41.0 Å². The molecule has 8 nitrogen and oxygen atoms in total. The Kier molecular flexibility index (Phi) is 7.80. The Balaban J connectivity index is 1.42. The van der Waals surface area contributed by atoms with Crippen LogP contribution in [-0.2, 0) is 17.6 Å². The predicted molar refractivity (Wildman–Crippen MR) is 152 cm³/mol. The summed E-state index contributed by atoms with van der Waals surface area (Å²) < 4.78 is 7.16. The van der Waals surface area contributed by atoms with Crippen LogP contribution >= 0.6 is 23.1 Å². The maximum atomic E-state index is 13.8. The first-order chi connectivity index (χ1) is 18.5. The topological polar surface area (TPSA) is 106 Å². The second kappa shape index (κ2) is 11.4. The van der Waals surface area contributed by atoms with Crippen molar-refractivity contribution < 1.29 is 14.6 Å². The Bertz CT molecular complexity index is 1560. The molecule has 0 spiro atoms. The van der Waals surface area contributed by atoms with E-state index in [1.54, 1.807) is 40.2 Å². The van der Waals surface area contributed by atoms with Crippen LogP contribution in [0, 0.1) is 0 Å². The molecule has 10 heteroatoms. The van der Waals surface area contributed by atoms with E-state index in [4.69, 9.17) is 9.72 Å². The number of aromatic nitrogens is 2. The van der Waals surface area contributed by atoms with Crippen LogP contribution in [0.5, 0.6) is 11.5 Å². The maximum Gasteiger partial charge on any atom is 0.267 e. The van der Waals surface area contributed by atoms with Gasteiger partial charge in [-0.05, 0) is 92.3 Å². The highest BCUT2D eigenvalue weighted by molar-refractivity contribution is 7.99. The summed E-state index contributed by atoms with van der Waals surface area (Å²) in [6.45, 7) is 4.42. The van der Waals surface area contributed by atoms with Crippen LogP contribution in [0.15, 0.2) is 63.6 Å². The van der Waals surface area contributed by atoms with E-state index in [9.17, 15) is 14.7 Å². The number of phenols is 1. The fraction of sp³-hybridized carbons (Fsp3) is 0.286. The molecule has 2 N–H and O–H groups in total. The fourth-order valence-electron chi connectivity index (χ4n) is 4.50. The van der Waals surface area contributed by atoms with Crippen molar-refractivity contribution >= 4 is 44.9 Å². The third-order valence-electron chi connectivity index (χ3n) is 6.30. The first-order valence-electron chi connectivity index (χ1n) is 12.6. The summed E-state index contributed by atoms with van der Waals surface area (Å²) in [5, 5.41) is 15.0. The van der Waals surface area contributed by atoms with Crippen LogP contribution in [0.2, 0.25) is 0 Å². The van der Waals surface area contributed by atoms with Crippen molar-refractivity contribution in [3.8, 4) is 17.2 Å². The van der Waals surface area contributed by atoms with Crippen LogP contribution in [0.3, 0.4) is 0 Å². The minimum atomic E-state index is -0.305. The number of nitrogens with one attached hydrogen (secondary N) is 1. The molecule has 2 aromatic carbocycles. The number of nitrogens with zero attached hydrogens (tertiary/aromatic N) is 3. The van der Waals surface area contributed by atoms with Gasteiger partial charge in [-0.15, -0.1) is 11.3 Å². The summed E-state index contributed by atoms with van der Waals surface area (Å²) in [5.74, 6) is 0.627. The molecule has 1 aliphatic carbocycles. The van der Waals surface area contributed by atoms with E-state index < -0.39 is 0 Å². The summed E-state index contributed by atoms with van der Waals surface area (Å²) in [6.07, 6.45) is 3.53. The van der Waals surface area contributed by atoms with E-state index in [1.165, 1.54) is 16.6 Å². The smallest absolute Gasteiger partial charge is 0.267 e. The fourth-order valence-corrected chi connectivity index (χ4v) is 6.61. The van der Waals surface area contributed by atoms with Gasteiger partial charge in [-0.25, -0.2) is 10.4 Å². The van der Waals surface area contributed by atoms with Crippen molar-refractivity contribution in [3.05, 3.63) is 74.9 Å². The molecule has 0 atom stereocenters. The molecule has 2 heterocycles. The SMILES string of the molecule is CCOc1ccc(-n2c(SCC(=O)NN=C(CC)c3ccc(O)cc3)nc3sc4c(c3c2=O)CCC4)cc1. The average molecular weight is 549 g/mol. The number of aryl methyl sites for hydroxylation is 2. The first kappa shape index (κ1) is 26.0. The van der Waals surface area contributed by atoms with Gasteiger partial charge in [-0.1, -0.05) is 18.7 Å². The molecule has 5 rings (SSSR count). The number of hydrogen-bond acceptors (Lipinski definition) is 8. The van der Waals surface area contributed by atoms with Crippen molar-refractivity contribution in [2.75, 3.05) is 12.4 Å². The van der Waals surface area contributed by atoms with Gasteiger partial charge in [-0.2, -0.15) is 5.10 Å². The van der Waals surface area contributed by atoms with E-state index in [0.29, 0.717) is 35.0 Å². The molecule has 0 unspecified atom stereocenters. The number of carbonyl (C=O) groups excluding carboxylic acids is 1. The third-order valence-corrected chi connectivity index (χ3v) is 8.42. The number of carbonyl (C=O) groups is 1. The number of aromatic hydroxyl groups is 1. The number of benzene rings is 2. The second-order valence-corrected chi connectivity index (χ2v) is 10.8.